The van der Waals surface area contributed by atoms with Gasteiger partial charge in [0.25, 0.3) is 0 Å². The van der Waals surface area contributed by atoms with E-state index in [0.29, 0.717) is 22.0 Å². The highest BCUT2D eigenvalue weighted by Gasteiger charge is 2.50. The topological polar surface area (TPSA) is 81.4 Å². The number of pyridine rings is 1. The summed E-state index contributed by atoms with van der Waals surface area (Å²) in [6.07, 6.45) is 4.02. The number of fused-ring (bicyclic) bond motifs is 1. The normalized spacial score (nSPS) is 27.5. The van der Waals surface area contributed by atoms with E-state index in [1.807, 2.05) is 0 Å². The molecule has 0 spiro atoms. The number of hydrogen-bond acceptors (Lipinski definition) is 7. The van der Waals surface area contributed by atoms with Gasteiger partial charge >= 0.3 is 0 Å². The summed E-state index contributed by atoms with van der Waals surface area (Å²) in [5.41, 5.74) is 2.57. The molecule has 0 aliphatic carbocycles. The second-order valence-electron chi connectivity index (χ2n) is 7.37. The monoisotopic (exact) mass is 484 g/mol. The SMILES string of the molecule is OC1C(Sc2cncc(Cl)c2)OC2CNOC2C1n1cc(-c2cc(F)c(F)c(F)c2)cn1. The lowest BCUT2D eigenvalue weighted by Gasteiger charge is -2.40. The van der Waals surface area contributed by atoms with Gasteiger partial charge in [0.2, 0.25) is 0 Å². The van der Waals surface area contributed by atoms with Crippen LogP contribution in [-0.4, -0.2) is 50.2 Å². The molecule has 5 rings (SSSR count). The fourth-order valence-electron chi connectivity index (χ4n) is 3.81. The van der Waals surface area contributed by atoms with Crippen molar-refractivity contribution < 1.29 is 27.9 Å². The van der Waals surface area contributed by atoms with Crippen LogP contribution in [0, 0.1) is 17.5 Å². The van der Waals surface area contributed by atoms with Crippen LogP contribution in [0.15, 0.2) is 47.9 Å². The fraction of sp³-hybridized carbons (Fsp3) is 0.300. The van der Waals surface area contributed by atoms with Crippen LogP contribution in [0.5, 0.6) is 0 Å². The van der Waals surface area contributed by atoms with E-state index in [-0.39, 0.29) is 11.7 Å². The molecule has 0 bridgehead atoms. The van der Waals surface area contributed by atoms with Crippen molar-refractivity contribution >= 4 is 23.4 Å². The standard InChI is InChI=1S/C20H16ClF3N4O3S/c21-11-3-12(6-25-5-11)32-20-18(29)17(19-15(30-20)7-27-31-19)28-8-10(4-26-28)9-1-13(22)16(24)14(23)2-9/h1-6,8,15,17-20,27,29H,7H2. The number of hydrogen-bond donors (Lipinski definition) is 2. The predicted molar refractivity (Wildman–Crippen MR) is 109 cm³/mol. The second kappa shape index (κ2) is 8.65. The molecule has 3 aromatic rings. The molecule has 4 heterocycles. The minimum Gasteiger partial charge on any atom is -0.387 e. The molecular weight excluding hydrogens is 469 g/mol. The van der Waals surface area contributed by atoms with Crippen molar-refractivity contribution in [3.05, 3.63) is 65.5 Å². The molecule has 2 saturated heterocycles. The second-order valence-corrected chi connectivity index (χ2v) is 8.98. The highest BCUT2D eigenvalue weighted by molar-refractivity contribution is 7.99. The van der Waals surface area contributed by atoms with Crippen LogP contribution in [0.4, 0.5) is 13.2 Å². The molecule has 2 fully saturated rings. The molecular formula is C20H16ClF3N4O3S. The van der Waals surface area contributed by atoms with Gasteiger partial charge in [0.1, 0.15) is 29.8 Å². The molecule has 1 aromatic carbocycles. The summed E-state index contributed by atoms with van der Waals surface area (Å²) >= 11 is 7.26. The zero-order valence-electron chi connectivity index (χ0n) is 16.2. The summed E-state index contributed by atoms with van der Waals surface area (Å²) in [6.45, 7) is 0.404. The lowest BCUT2D eigenvalue weighted by molar-refractivity contribution is -0.156. The minimum absolute atomic E-state index is 0.118. The number of ether oxygens (including phenoxy) is 1. The Kier molecular flexibility index (Phi) is 5.86. The maximum Gasteiger partial charge on any atom is 0.194 e. The van der Waals surface area contributed by atoms with Gasteiger partial charge in [0.05, 0.1) is 17.8 Å². The number of benzene rings is 1. The van der Waals surface area contributed by atoms with Gasteiger partial charge in [-0.15, -0.1) is 0 Å². The average Bonchev–Trinajstić information content (AvgIpc) is 3.42. The number of nitrogens with zero attached hydrogens (tertiary/aromatic N) is 3. The van der Waals surface area contributed by atoms with E-state index in [1.54, 1.807) is 12.3 Å². The van der Waals surface area contributed by atoms with Gasteiger partial charge in [-0.2, -0.15) is 10.6 Å². The van der Waals surface area contributed by atoms with Crippen molar-refractivity contribution in [2.45, 2.75) is 34.7 Å². The van der Waals surface area contributed by atoms with Crippen LogP contribution in [0.2, 0.25) is 5.02 Å². The van der Waals surface area contributed by atoms with Gasteiger partial charge < -0.3 is 9.84 Å². The minimum atomic E-state index is -1.54. The Morgan fingerprint density at radius 3 is 2.66 bits per heavy atom. The van der Waals surface area contributed by atoms with E-state index in [9.17, 15) is 18.3 Å². The first-order chi connectivity index (χ1) is 15.4. The van der Waals surface area contributed by atoms with Gasteiger partial charge in [-0.05, 0) is 23.8 Å². The van der Waals surface area contributed by atoms with Crippen molar-refractivity contribution in [1.29, 1.82) is 0 Å². The predicted octanol–water partition coefficient (Wildman–Crippen LogP) is 3.34. The van der Waals surface area contributed by atoms with Crippen molar-refractivity contribution in [1.82, 2.24) is 20.2 Å². The van der Waals surface area contributed by atoms with Gasteiger partial charge in [-0.25, -0.2) is 13.2 Å². The number of rotatable bonds is 4. The fourth-order valence-corrected chi connectivity index (χ4v) is 5.13. The molecule has 0 amide bonds. The summed E-state index contributed by atoms with van der Waals surface area (Å²) in [5.74, 6) is -4.13. The molecule has 2 aliphatic rings. The number of aromatic nitrogens is 3. The van der Waals surface area contributed by atoms with Gasteiger partial charge in [0.15, 0.2) is 17.5 Å². The van der Waals surface area contributed by atoms with Crippen LogP contribution < -0.4 is 5.48 Å². The van der Waals surface area contributed by atoms with Crippen LogP contribution in [0.25, 0.3) is 11.1 Å². The number of aliphatic hydroxyl groups excluding tert-OH is 1. The van der Waals surface area contributed by atoms with Crippen molar-refractivity contribution in [2.24, 2.45) is 0 Å². The number of halogens is 4. The number of thioether (sulfide) groups is 1. The van der Waals surface area contributed by atoms with E-state index in [0.717, 1.165) is 12.1 Å². The average molecular weight is 485 g/mol. The Balaban J connectivity index is 1.45. The molecule has 168 valence electrons. The Morgan fingerprint density at radius 1 is 1.12 bits per heavy atom. The zero-order chi connectivity index (χ0) is 22.4. The Labute approximate surface area is 189 Å². The number of nitrogens with one attached hydrogen (secondary N) is 1. The highest BCUT2D eigenvalue weighted by Crippen LogP contribution is 2.40. The van der Waals surface area contributed by atoms with Gasteiger partial charge in [-0.1, -0.05) is 23.4 Å². The molecule has 0 saturated carbocycles. The third-order valence-electron chi connectivity index (χ3n) is 5.30. The summed E-state index contributed by atoms with van der Waals surface area (Å²) in [7, 11) is 0. The molecule has 12 heteroatoms. The smallest absolute Gasteiger partial charge is 0.194 e. The first-order valence-electron chi connectivity index (χ1n) is 9.59. The van der Waals surface area contributed by atoms with E-state index < -0.39 is 41.1 Å². The molecule has 2 aromatic heterocycles. The maximum atomic E-state index is 13.7. The molecule has 2 aliphatic heterocycles. The Hall–Kier alpha value is -2.15. The van der Waals surface area contributed by atoms with Gasteiger partial charge in [-0.3, -0.25) is 14.5 Å². The first-order valence-corrected chi connectivity index (χ1v) is 10.8. The maximum absolute atomic E-state index is 13.7. The summed E-state index contributed by atoms with van der Waals surface area (Å²) in [5, 5.41) is 15.9. The summed E-state index contributed by atoms with van der Waals surface area (Å²) < 4.78 is 48.1. The van der Waals surface area contributed by atoms with Crippen LogP contribution in [0.3, 0.4) is 0 Å². The summed E-state index contributed by atoms with van der Waals surface area (Å²) in [4.78, 5) is 10.3. The lowest BCUT2D eigenvalue weighted by Crippen LogP contribution is -2.52. The third kappa shape index (κ3) is 4.00. The van der Waals surface area contributed by atoms with E-state index in [4.69, 9.17) is 21.2 Å². The van der Waals surface area contributed by atoms with E-state index in [2.05, 4.69) is 15.6 Å². The molecule has 5 unspecified atom stereocenters. The molecule has 5 atom stereocenters. The largest absolute Gasteiger partial charge is 0.387 e. The van der Waals surface area contributed by atoms with Crippen molar-refractivity contribution in [3.63, 3.8) is 0 Å². The van der Waals surface area contributed by atoms with Crippen LogP contribution in [-0.2, 0) is 9.57 Å². The first kappa shape index (κ1) is 21.7. The van der Waals surface area contributed by atoms with Crippen LogP contribution in [0.1, 0.15) is 6.04 Å². The Bertz CT molecular complexity index is 1130. The Morgan fingerprint density at radius 2 is 1.91 bits per heavy atom. The quantitative estimate of drug-likeness (QED) is 0.550. The molecule has 32 heavy (non-hydrogen) atoms. The van der Waals surface area contributed by atoms with E-state index >= 15 is 0 Å². The molecule has 0 radical (unpaired) electrons. The van der Waals surface area contributed by atoms with E-state index in [1.165, 1.54) is 35.0 Å². The molecule has 7 nitrogen and oxygen atoms in total. The van der Waals surface area contributed by atoms with Crippen molar-refractivity contribution in [3.8, 4) is 11.1 Å². The number of hydroxylamine groups is 1. The molecule has 2 N–H and O–H groups in total. The summed E-state index contributed by atoms with van der Waals surface area (Å²) in [6, 6.07) is 2.82. The zero-order valence-corrected chi connectivity index (χ0v) is 17.7. The highest BCUT2D eigenvalue weighted by atomic mass is 35.5. The van der Waals surface area contributed by atoms with Gasteiger partial charge in [0, 0.05) is 29.0 Å². The lowest BCUT2D eigenvalue weighted by atomic mass is 9.97. The van der Waals surface area contributed by atoms with Crippen molar-refractivity contribution in [2.75, 3.05) is 6.54 Å². The third-order valence-corrected chi connectivity index (χ3v) is 6.63. The number of aliphatic hydroxyl groups is 1. The van der Waals surface area contributed by atoms with Crippen LogP contribution >= 0.6 is 23.4 Å².